The molecule has 1 amide bonds. The second-order valence-electron chi connectivity index (χ2n) is 4.14. The van der Waals surface area contributed by atoms with Crippen LogP contribution in [0.1, 0.15) is 6.92 Å². The molecule has 114 valence electrons. The molecule has 1 aromatic carbocycles. The summed E-state index contributed by atoms with van der Waals surface area (Å²) >= 11 is 2.93. The Kier molecular flexibility index (Phi) is 4.54. The highest BCUT2D eigenvalue weighted by molar-refractivity contribution is 8.01. The number of benzene rings is 1. The predicted octanol–water partition coefficient (Wildman–Crippen LogP) is 2.81. The summed E-state index contributed by atoms with van der Waals surface area (Å²) in [5.41, 5.74) is 0.940. The van der Waals surface area contributed by atoms with Gasteiger partial charge in [0.1, 0.15) is 0 Å². The third-order valence-electron chi connectivity index (χ3n) is 2.60. The number of fused-ring (bicyclic) bond motifs is 1. The first kappa shape index (κ1) is 14.8. The van der Waals surface area contributed by atoms with Crippen molar-refractivity contribution in [2.24, 2.45) is 0 Å². The number of ether oxygens (including phenoxy) is 1. The lowest BCUT2D eigenvalue weighted by atomic mass is 10.3. The van der Waals surface area contributed by atoms with Crippen LogP contribution < -0.4 is 10.1 Å². The van der Waals surface area contributed by atoms with Crippen molar-refractivity contribution in [3.05, 3.63) is 24.3 Å². The van der Waals surface area contributed by atoms with Gasteiger partial charge in [-0.25, -0.2) is 9.61 Å². The second kappa shape index (κ2) is 6.75. The maximum atomic E-state index is 11.9. The number of thioether (sulfide) groups is 1. The average molecular weight is 336 g/mol. The highest BCUT2D eigenvalue weighted by Gasteiger charge is 2.15. The molecule has 0 aliphatic rings. The van der Waals surface area contributed by atoms with E-state index in [1.807, 2.05) is 31.2 Å². The Morgan fingerprint density at radius 1 is 1.41 bits per heavy atom. The van der Waals surface area contributed by atoms with Crippen molar-refractivity contribution < 1.29 is 14.2 Å². The number of hydrogen-bond donors (Lipinski definition) is 1. The summed E-state index contributed by atoms with van der Waals surface area (Å²) < 4.78 is 11.7. The predicted molar refractivity (Wildman–Crippen MR) is 84.4 cm³/mol. The number of hydrogen-bond acceptors (Lipinski definition) is 8. The monoisotopic (exact) mass is 336 g/mol. The molecule has 0 aliphatic carbocycles. The third-order valence-corrected chi connectivity index (χ3v) is 4.78. The van der Waals surface area contributed by atoms with E-state index in [4.69, 9.17) is 4.74 Å². The standard InChI is InChI=1S/C13H12N4O3S2/c1-2-19-12-11(16-20-17-12)15-10(18)7-21-13-14-8-5-3-4-6-9(8)22-13/h3-6H,2,7H2,1H3,(H,15,16,18). The van der Waals surface area contributed by atoms with Gasteiger partial charge in [-0.2, -0.15) is 0 Å². The summed E-state index contributed by atoms with van der Waals surface area (Å²) in [6.07, 6.45) is 0. The van der Waals surface area contributed by atoms with E-state index in [1.54, 1.807) is 11.3 Å². The van der Waals surface area contributed by atoms with E-state index < -0.39 is 0 Å². The SMILES string of the molecule is CCOc1nonc1NC(=O)CSc1nc2ccccc2s1. The number of para-hydroxylation sites is 1. The number of nitrogens with zero attached hydrogens (tertiary/aromatic N) is 3. The number of carbonyl (C=O) groups excluding carboxylic acids is 1. The Balaban J connectivity index is 1.58. The molecule has 3 aromatic rings. The molecule has 0 unspecified atom stereocenters. The van der Waals surface area contributed by atoms with Crippen molar-refractivity contribution in [3.8, 4) is 5.88 Å². The Hall–Kier alpha value is -2.13. The largest absolute Gasteiger partial charge is 0.473 e. The van der Waals surface area contributed by atoms with Gasteiger partial charge in [0.05, 0.1) is 22.6 Å². The molecule has 0 saturated carbocycles. The van der Waals surface area contributed by atoms with Gasteiger partial charge >= 0.3 is 5.88 Å². The van der Waals surface area contributed by atoms with Crippen LogP contribution in [0.15, 0.2) is 33.2 Å². The van der Waals surface area contributed by atoms with Gasteiger partial charge in [0.2, 0.25) is 11.7 Å². The van der Waals surface area contributed by atoms with Gasteiger partial charge in [0.25, 0.3) is 0 Å². The lowest BCUT2D eigenvalue weighted by molar-refractivity contribution is -0.113. The summed E-state index contributed by atoms with van der Waals surface area (Å²) in [5, 5.41) is 9.77. The summed E-state index contributed by atoms with van der Waals surface area (Å²) in [7, 11) is 0. The van der Waals surface area contributed by atoms with Gasteiger partial charge in [0, 0.05) is 0 Å². The molecule has 0 radical (unpaired) electrons. The Bertz CT molecular complexity index is 753. The number of aromatic nitrogens is 3. The molecule has 3 rings (SSSR count). The van der Waals surface area contributed by atoms with Crippen LogP contribution in [0.2, 0.25) is 0 Å². The number of carbonyl (C=O) groups is 1. The van der Waals surface area contributed by atoms with Gasteiger partial charge < -0.3 is 10.1 Å². The molecule has 2 heterocycles. The zero-order valence-corrected chi connectivity index (χ0v) is 13.2. The molecule has 7 nitrogen and oxygen atoms in total. The lowest BCUT2D eigenvalue weighted by Crippen LogP contribution is -2.15. The molecule has 0 aliphatic heterocycles. The van der Waals surface area contributed by atoms with Crippen molar-refractivity contribution in [1.82, 2.24) is 15.3 Å². The molecule has 22 heavy (non-hydrogen) atoms. The number of nitrogens with one attached hydrogen (secondary N) is 1. The minimum atomic E-state index is -0.221. The van der Waals surface area contributed by atoms with Gasteiger partial charge in [0.15, 0.2) is 4.34 Å². The van der Waals surface area contributed by atoms with Crippen molar-refractivity contribution in [2.75, 3.05) is 17.7 Å². The van der Waals surface area contributed by atoms with Gasteiger partial charge in [-0.3, -0.25) is 4.79 Å². The van der Waals surface area contributed by atoms with Crippen LogP contribution in [-0.4, -0.2) is 33.6 Å². The van der Waals surface area contributed by atoms with Crippen molar-refractivity contribution in [1.29, 1.82) is 0 Å². The van der Waals surface area contributed by atoms with Gasteiger partial charge in [-0.1, -0.05) is 23.9 Å². The van der Waals surface area contributed by atoms with Gasteiger partial charge in [-0.05, 0) is 29.4 Å². The molecule has 1 N–H and O–H groups in total. The van der Waals surface area contributed by atoms with E-state index in [-0.39, 0.29) is 23.4 Å². The van der Waals surface area contributed by atoms with Crippen LogP contribution in [0.5, 0.6) is 5.88 Å². The molecule has 0 saturated heterocycles. The molecule has 0 spiro atoms. The van der Waals surface area contributed by atoms with Crippen molar-refractivity contribution in [3.63, 3.8) is 0 Å². The first-order valence-electron chi connectivity index (χ1n) is 6.50. The van der Waals surface area contributed by atoms with Crippen LogP contribution in [0.4, 0.5) is 5.82 Å². The topological polar surface area (TPSA) is 90.1 Å². The average Bonchev–Trinajstić information content (AvgIpc) is 3.12. The second-order valence-corrected chi connectivity index (χ2v) is 6.39. The minimum Gasteiger partial charge on any atom is -0.473 e. The van der Waals surface area contributed by atoms with Crippen LogP contribution in [-0.2, 0) is 4.79 Å². The van der Waals surface area contributed by atoms with Crippen LogP contribution in [0, 0.1) is 0 Å². The summed E-state index contributed by atoms with van der Waals surface area (Å²) in [6.45, 7) is 2.22. The van der Waals surface area contributed by atoms with E-state index in [9.17, 15) is 4.79 Å². The minimum absolute atomic E-state index is 0.181. The highest BCUT2D eigenvalue weighted by atomic mass is 32.2. The maximum Gasteiger partial charge on any atom is 0.300 e. The summed E-state index contributed by atoms with van der Waals surface area (Å²) in [4.78, 5) is 16.4. The molecule has 9 heteroatoms. The molecule has 0 bridgehead atoms. The number of anilines is 1. The van der Waals surface area contributed by atoms with Crippen LogP contribution in [0.3, 0.4) is 0 Å². The Morgan fingerprint density at radius 2 is 2.27 bits per heavy atom. The molecular weight excluding hydrogens is 324 g/mol. The fraction of sp³-hybridized carbons (Fsp3) is 0.231. The first-order valence-corrected chi connectivity index (χ1v) is 8.30. The molecule has 0 atom stereocenters. The fourth-order valence-electron chi connectivity index (χ4n) is 1.70. The summed E-state index contributed by atoms with van der Waals surface area (Å²) in [5.74, 6) is 0.372. The Morgan fingerprint density at radius 3 is 3.09 bits per heavy atom. The molecule has 0 fully saturated rings. The number of rotatable bonds is 6. The highest BCUT2D eigenvalue weighted by Crippen LogP contribution is 2.29. The van der Waals surface area contributed by atoms with E-state index >= 15 is 0 Å². The third kappa shape index (κ3) is 3.37. The first-order chi connectivity index (χ1) is 10.8. The number of thiazole rings is 1. The van der Waals surface area contributed by atoms with Gasteiger partial charge in [-0.15, -0.1) is 11.3 Å². The van der Waals surface area contributed by atoms with Crippen molar-refractivity contribution >= 4 is 45.0 Å². The molecular formula is C13H12N4O3S2. The van der Waals surface area contributed by atoms with Crippen LogP contribution in [0.25, 0.3) is 10.2 Å². The normalized spacial score (nSPS) is 10.8. The number of amides is 1. The zero-order valence-electron chi connectivity index (χ0n) is 11.6. The maximum absolute atomic E-state index is 11.9. The van der Waals surface area contributed by atoms with E-state index in [0.29, 0.717) is 6.61 Å². The van der Waals surface area contributed by atoms with E-state index in [2.05, 4.69) is 25.2 Å². The van der Waals surface area contributed by atoms with E-state index in [0.717, 1.165) is 14.6 Å². The lowest BCUT2D eigenvalue weighted by Gasteiger charge is -2.01. The Labute approximate surface area is 134 Å². The fourth-order valence-corrected chi connectivity index (χ4v) is 3.56. The van der Waals surface area contributed by atoms with Crippen molar-refractivity contribution in [2.45, 2.75) is 11.3 Å². The quantitative estimate of drug-likeness (QED) is 0.692. The van der Waals surface area contributed by atoms with E-state index in [1.165, 1.54) is 11.8 Å². The molecule has 2 aromatic heterocycles. The zero-order chi connectivity index (χ0) is 15.4. The summed E-state index contributed by atoms with van der Waals surface area (Å²) in [6, 6.07) is 7.86. The van der Waals surface area contributed by atoms with Crippen LogP contribution >= 0.6 is 23.1 Å². The smallest absolute Gasteiger partial charge is 0.300 e.